The number of rotatable bonds is 5. The Kier molecular flexibility index (Phi) is 5.02. The second kappa shape index (κ2) is 6.57. The summed E-state index contributed by atoms with van der Waals surface area (Å²) in [5.74, 6) is 0.463. The molecule has 0 aromatic heterocycles. The van der Waals surface area contributed by atoms with Crippen molar-refractivity contribution < 1.29 is 14.3 Å². The van der Waals surface area contributed by atoms with Crippen LogP contribution in [0.15, 0.2) is 0 Å². The predicted molar refractivity (Wildman–Crippen MR) is 76.2 cm³/mol. The van der Waals surface area contributed by atoms with E-state index >= 15 is 0 Å². The highest BCUT2D eigenvalue weighted by Crippen LogP contribution is 2.24. The van der Waals surface area contributed by atoms with Crippen LogP contribution in [0.1, 0.15) is 46.5 Å². The van der Waals surface area contributed by atoms with E-state index in [1.54, 1.807) is 0 Å². The summed E-state index contributed by atoms with van der Waals surface area (Å²) in [5, 5.41) is 2.91. The van der Waals surface area contributed by atoms with Gasteiger partial charge in [-0.15, -0.1) is 0 Å². The summed E-state index contributed by atoms with van der Waals surface area (Å²) in [6.45, 7) is 7.43. The van der Waals surface area contributed by atoms with Gasteiger partial charge in [0.2, 0.25) is 11.8 Å². The molecule has 1 N–H and O–H groups in total. The first-order valence-electron chi connectivity index (χ1n) is 7.74. The topological polar surface area (TPSA) is 58.6 Å². The van der Waals surface area contributed by atoms with Crippen molar-refractivity contribution in [2.24, 2.45) is 5.92 Å². The summed E-state index contributed by atoms with van der Waals surface area (Å²) in [4.78, 5) is 26.9. The fourth-order valence-corrected chi connectivity index (χ4v) is 3.14. The van der Waals surface area contributed by atoms with Crippen LogP contribution < -0.4 is 5.32 Å². The van der Waals surface area contributed by atoms with Gasteiger partial charge >= 0.3 is 0 Å². The van der Waals surface area contributed by atoms with Crippen LogP contribution in [0.5, 0.6) is 0 Å². The largest absolute Gasteiger partial charge is 0.379 e. The average molecular weight is 282 g/mol. The standard InChI is InChI=1S/C15H26N2O3/c1-4-5-13-14(18)16-12(8-10(2)3)15(19)17(13)11-6-7-20-9-11/h10-13H,4-9H2,1-3H3,(H,16,18). The van der Waals surface area contributed by atoms with Crippen molar-refractivity contribution in [3.8, 4) is 0 Å². The number of piperazine rings is 1. The van der Waals surface area contributed by atoms with E-state index in [4.69, 9.17) is 4.74 Å². The van der Waals surface area contributed by atoms with Gasteiger partial charge in [-0.05, 0) is 25.2 Å². The van der Waals surface area contributed by atoms with Gasteiger partial charge in [0, 0.05) is 6.61 Å². The van der Waals surface area contributed by atoms with Gasteiger partial charge in [0.1, 0.15) is 12.1 Å². The molecule has 0 aliphatic carbocycles. The van der Waals surface area contributed by atoms with Gasteiger partial charge < -0.3 is 15.0 Å². The van der Waals surface area contributed by atoms with E-state index in [9.17, 15) is 9.59 Å². The highest BCUT2D eigenvalue weighted by molar-refractivity contribution is 5.97. The van der Waals surface area contributed by atoms with Crippen LogP contribution in [0.3, 0.4) is 0 Å². The average Bonchev–Trinajstić information content (AvgIpc) is 2.89. The number of carbonyl (C=O) groups excluding carboxylic acids is 2. The third-order valence-corrected chi connectivity index (χ3v) is 4.08. The minimum atomic E-state index is -0.365. The molecule has 0 bridgehead atoms. The summed E-state index contributed by atoms with van der Waals surface area (Å²) < 4.78 is 5.41. The molecule has 5 nitrogen and oxygen atoms in total. The Balaban J connectivity index is 2.18. The van der Waals surface area contributed by atoms with Gasteiger partial charge in [0.05, 0.1) is 12.6 Å². The van der Waals surface area contributed by atoms with Gasteiger partial charge in [-0.3, -0.25) is 9.59 Å². The molecular weight excluding hydrogens is 256 g/mol. The first kappa shape index (κ1) is 15.3. The number of hydrogen-bond acceptors (Lipinski definition) is 3. The van der Waals surface area contributed by atoms with E-state index in [1.807, 2.05) is 11.8 Å². The third kappa shape index (κ3) is 3.14. The molecule has 0 aromatic carbocycles. The quantitative estimate of drug-likeness (QED) is 0.827. The summed E-state index contributed by atoms with van der Waals surface area (Å²) in [5.41, 5.74) is 0. The molecule has 2 aliphatic heterocycles. The normalized spacial score (nSPS) is 31.0. The Bertz CT molecular complexity index is 364. The molecule has 2 rings (SSSR count). The Hall–Kier alpha value is -1.10. The number of nitrogens with one attached hydrogen (secondary N) is 1. The van der Waals surface area contributed by atoms with E-state index in [1.165, 1.54) is 0 Å². The molecule has 0 radical (unpaired) electrons. The third-order valence-electron chi connectivity index (χ3n) is 4.08. The van der Waals surface area contributed by atoms with Crippen molar-refractivity contribution in [3.63, 3.8) is 0 Å². The number of amides is 2. The fraction of sp³-hybridized carbons (Fsp3) is 0.867. The zero-order valence-electron chi connectivity index (χ0n) is 12.7. The molecule has 2 amide bonds. The fourth-order valence-electron chi connectivity index (χ4n) is 3.14. The molecule has 0 spiro atoms. The van der Waals surface area contributed by atoms with Crippen molar-refractivity contribution in [1.82, 2.24) is 10.2 Å². The second-order valence-corrected chi connectivity index (χ2v) is 6.26. The lowest BCUT2D eigenvalue weighted by atomic mass is 9.95. The van der Waals surface area contributed by atoms with E-state index < -0.39 is 0 Å². The highest BCUT2D eigenvalue weighted by atomic mass is 16.5. The van der Waals surface area contributed by atoms with Crippen LogP contribution in [0.2, 0.25) is 0 Å². The molecule has 114 valence electrons. The van der Waals surface area contributed by atoms with E-state index in [0.717, 1.165) is 19.3 Å². The lowest BCUT2D eigenvalue weighted by Crippen LogP contribution is -2.66. The first-order valence-corrected chi connectivity index (χ1v) is 7.74. The molecule has 2 fully saturated rings. The Labute approximate surface area is 121 Å². The first-order chi connectivity index (χ1) is 9.54. The van der Waals surface area contributed by atoms with Gasteiger partial charge in [-0.1, -0.05) is 27.2 Å². The second-order valence-electron chi connectivity index (χ2n) is 6.26. The number of hydrogen-bond donors (Lipinski definition) is 1. The van der Waals surface area contributed by atoms with E-state index in [0.29, 0.717) is 25.6 Å². The smallest absolute Gasteiger partial charge is 0.246 e. The lowest BCUT2D eigenvalue weighted by molar-refractivity contribution is -0.153. The van der Waals surface area contributed by atoms with Gasteiger partial charge in [-0.25, -0.2) is 0 Å². The summed E-state index contributed by atoms with van der Waals surface area (Å²) >= 11 is 0. The number of nitrogens with zero attached hydrogens (tertiary/aromatic N) is 1. The summed E-state index contributed by atoms with van der Waals surface area (Å²) in [6.07, 6.45) is 3.16. The molecule has 3 unspecified atom stereocenters. The van der Waals surface area contributed by atoms with E-state index in [-0.39, 0.29) is 29.9 Å². The number of carbonyl (C=O) groups is 2. The summed E-state index contributed by atoms with van der Waals surface area (Å²) in [7, 11) is 0. The van der Waals surface area contributed by atoms with Crippen LogP contribution >= 0.6 is 0 Å². The van der Waals surface area contributed by atoms with Crippen molar-refractivity contribution in [2.45, 2.75) is 64.6 Å². The van der Waals surface area contributed by atoms with Crippen molar-refractivity contribution >= 4 is 11.8 Å². The Morgan fingerprint density at radius 2 is 2.15 bits per heavy atom. The zero-order chi connectivity index (χ0) is 14.7. The molecule has 20 heavy (non-hydrogen) atoms. The molecule has 2 heterocycles. The maximum atomic E-state index is 12.7. The summed E-state index contributed by atoms with van der Waals surface area (Å²) in [6, 6.07) is -0.612. The van der Waals surface area contributed by atoms with Gasteiger partial charge in [0.25, 0.3) is 0 Å². The minimum absolute atomic E-state index is 0.00370. The van der Waals surface area contributed by atoms with Crippen molar-refractivity contribution in [1.29, 1.82) is 0 Å². The zero-order valence-corrected chi connectivity index (χ0v) is 12.7. The Morgan fingerprint density at radius 1 is 1.40 bits per heavy atom. The lowest BCUT2D eigenvalue weighted by Gasteiger charge is -2.42. The van der Waals surface area contributed by atoms with Gasteiger partial charge in [-0.2, -0.15) is 0 Å². The monoisotopic (exact) mass is 282 g/mol. The molecule has 0 saturated carbocycles. The molecule has 2 aliphatic rings. The van der Waals surface area contributed by atoms with E-state index in [2.05, 4.69) is 19.2 Å². The minimum Gasteiger partial charge on any atom is -0.379 e. The van der Waals surface area contributed by atoms with Crippen molar-refractivity contribution in [3.05, 3.63) is 0 Å². The van der Waals surface area contributed by atoms with Crippen LogP contribution in [0.25, 0.3) is 0 Å². The molecule has 5 heteroatoms. The maximum Gasteiger partial charge on any atom is 0.246 e. The van der Waals surface area contributed by atoms with Crippen molar-refractivity contribution in [2.75, 3.05) is 13.2 Å². The Morgan fingerprint density at radius 3 is 2.70 bits per heavy atom. The predicted octanol–water partition coefficient (Wildman–Crippen LogP) is 1.32. The molecule has 0 aromatic rings. The van der Waals surface area contributed by atoms with Crippen LogP contribution in [0, 0.1) is 5.92 Å². The van der Waals surface area contributed by atoms with Crippen LogP contribution in [0.4, 0.5) is 0 Å². The van der Waals surface area contributed by atoms with Crippen LogP contribution in [-0.4, -0.2) is 48.1 Å². The van der Waals surface area contributed by atoms with Gasteiger partial charge in [0.15, 0.2) is 0 Å². The maximum absolute atomic E-state index is 12.7. The SMILES string of the molecule is CCCC1C(=O)NC(CC(C)C)C(=O)N1C1CCOC1. The number of ether oxygens (including phenoxy) is 1. The molecule has 2 saturated heterocycles. The molecular formula is C15H26N2O3. The molecule has 3 atom stereocenters. The van der Waals surface area contributed by atoms with Crippen LogP contribution in [-0.2, 0) is 14.3 Å². The highest BCUT2D eigenvalue weighted by Gasteiger charge is 2.44.